The fourth-order valence-corrected chi connectivity index (χ4v) is 2.64. The Balaban J connectivity index is 2.10. The number of rotatable bonds is 3. The van der Waals surface area contributed by atoms with Gasteiger partial charge >= 0.3 is 5.97 Å². The Kier molecular flexibility index (Phi) is 4.22. The molecule has 0 aromatic carbocycles. The number of carbonyl (C=O) groups is 2. The van der Waals surface area contributed by atoms with E-state index in [1.165, 1.54) is 11.1 Å². The van der Waals surface area contributed by atoms with E-state index in [1.54, 1.807) is 12.1 Å². The molecule has 6 heteroatoms. The number of aromatic nitrogens is 1. The maximum atomic E-state index is 12.3. The molecule has 1 fully saturated rings. The van der Waals surface area contributed by atoms with Crippen LogP contribution in [0.3, 0.4) is 0 Å². The quantitative estimate of drug-likeness (QED) is 0.856. The van der Waals surface area contributed by atoms with Crippen molar-refractivity contribution in [2.24, 2.45) is 5.92 Å². The number of hydrogen-bond donors (Lipinski definition) is 2. The molecule has 1 aliphatic heterocycles. The number of carboxylic acids is 1. The number of nitrogens with two attached hydrogens (primary N) is 1. The molecule has 1 aromatic heterocycles. The Labute approximate surface area is 117 Å². The van der Waals surface area contributed by atoms with Crippen molar-refractivity contribution in [2.75, 3.05) is 12.3 Å². The third-order valence-corrected chi connectivity index (χ3v) is 3.69. The Bertz CT molecular complexity index is 501. The van der Waals surface area contributed by atoms with Gasteiger partial charge in [-0.15, -0.1) is 0 Å². The number of nitrogens with zero attached hydrogens (tertiary/aromatic N) is 2. The van der Waals surface area contributed by atoms with E-state index in [9.17, 15) is 14.7 Å². The highest BCUT2D eigenvalue weighted by molar-refractivity contribution is 5.85. The van der Waals surface area contributed by atoms with Gasteiger partial charge in [0.2, 0.25) is 5.91 Å². The van der Waals surface area contributed by atoms with E-state index in [2.05, 4.69) is 4.98 Å². The first-order valence-corrected chi connectivity index (χ1v) is 6.71. The van der Waals surface area contributed by atoms with Gasteiger partial charge in [0, 0.05) is 12.2 Å². The van der Waals surface area contributed by atoms with Crippen LogP contribution in [-0.2, 0) is 16.0 Å². The van der Waals surface area contributed by atoms with Crippen LogP contribution in [0.5, 0.6) is 0 Å². The van der Waals surface area contributed by atoms with Gasteiger partial charge in [0.05, 0.1) is 18.3 Å². The second-order valence-electron chi connectivity index (χ2n) is 5.25. The molecule has 0 bridgehead atoms. The maximum Gasteiger partial charge on any atom is 0.326 e. The summed E-state index contributed by atoms with van der Waals surface area (Å²) in [6, 6.07) is 2.64. The standard InChI is InChI=1S/C14H19N3O3/c1-9-3-2-6-17(13(9)14(19)20)12(18)7-11-5-4-10(15)8-16-11/h4-5,8-9,13H,2-3,6-7,15H2,1H3,(H,19,20). The van der Waals surface area contributed by atoms with Crippen molar-refractivity contribution in [3.8, 4) is 0 Å². The molecule has 3 N–H and O–H groups in total. The first-order chi connectivity index (χ1) is 9.49. The van der Waals surface area contributed by atoms with Gasteiger partial charge < -0.3 is 15.7 Å². The topological polar surface area (TPSA) is 96.5 Å². The number of pyridine rings is 1. The van der Waals surface area contributed by atoms with Gasteiger partial charge in [0.1, 0.15) is 6.04 Å². The number of nitrogen functional groups attached to an aromatic ring is 1. The lowest BCUT2D eigenvalue weighted by Crippen LogP contribution is -2.52. The van der Waals surface area contributed by atoms with Crippen molar-refractivity contribution in [1.29, 1.82) is 0 Å². The van der Waals surface area contributed by atoms with Crippen LogP contribution >= 0.6 is 0 Å². The summed E-state index contributed by atoms with van der Waals surface area (Å²) in [5.41, 5.74) is 6.69. The Morgan fingerprint density at radius 1 is 1.50 bits per heavy atom. The SMILES string of the molecule is CC1CCCN(C(=O)Cc2ccc(N)cn2)C1C(=O)O. The molecule has 0 saturated carbocycles. The largest absolute Gasteiger partial charge is 0.480 e. The normalized spacial score (nSPS) is 22.6. The summed E-state index contributed by atoms with van der Waals surface area (Å²) < 4.78 is 0. The highest BCUT2D eigenvalue weighted by atomic mass is 16.4. The molecule has 0 spiro atoms. The molecule has 2 unspecified atom stereocenters. The molecule has 2 rings (SSSR count). The summed E-state index contributed by atoms with van der Waals surface area (Å²) in [6.45, 7) is 2.37. The molecule has 1 amide bonds. The molecule has 0 aliphatic carbocycles. The van der Waals surface area contributed by atoms with Crippen LogP contribution in [-0.4, -0.2) is 39.5 Å². The van der Waals surface area contributed by atoms with Crippen LogP contribution in [0.2, 0.25) is 0 Å². The minimum atomic E-state index is -0.934. The number of anilines is 1. The van der Waals surface area contributed by atoms with Crippen LogP contribution in [0.1, 0.15) is 25.5 Å². The summed E-state index contributed by atoms with van der Waals surface area (Å²) >= 11 is 0. The van der Waals surface area contributed by atoms with Gasteiger partial charge in [0.25, 0.3) is 0 Å². The van der Waals surface area contributed by atoms with Crippen LogP contribution < -0.4 is 5.73 Å². The highest BCUT2D eigenvalue weighted by Gasteiger charge is 2.36. The molecule has 0 radical (unpaired) electrons. The highest BCUT2D eigenvalue weighted by Crippen LogP contribution is 2.24. The van der Waals surface area contributed by atoms with Crippen LogP contribution in [0.25, 0.3) is 0 Å². The van der Waals surface area contributed by atoms with Gasteiger partial charge in [-0.25, -0.2) is 4.79 Å². The van der Waals surface area contributed by atoms with Gasteiger partial charge in [-0.3, -0.25) is 9.78 Å². The van der Waals surface area contributed by atoms with E-state index < -0.39 is 12.0 Å². The van der Waals surface area contributed by atoms with Gasteiger partial charge in [-0.2, -0.15) is 0 Å². The van der Waals surface area contributed by atoms with Crippen molar-refractivity contribution in [1.82, 2.24) is 9.88 Å². The van der Waals surface area contributed by atoms with Crippen LogP contribution in [0.15, 0.2) is 18.3 Å². The first kappa shape index (κ1) is 14.3. The minimum absolute atomic E-state index is 0.0235. The zero-order chi connectivity index (χ0) is 14.7. The Hall–Kier alpha value is -2.11. The Morgan fingerprint density at radius 3 is 2.85 bits per heavy atom. The number of amides is 1. The molecule has 1 aliphatic rings. The third kappa shape index (κ3) is 3.07. The second kappa shape index (κ2) is 5.90. The van der Waals surface area contributed by atoms with E-state index in [0.29, 0.717) is 17.9 Å². The van der Waals surface area contributed by atoms with Crippen LogP contribution in [0, 0.1) is 5.92 Å². The second-order valence-corrected chi connectivity index (χ2v) is 5.25. The number of hydrogen-bond acceptors (Lipinski definition) is 4. The van der Waals surface area contributed by atoms with Crippen LogP contribution in [0.4, 0.5) is 5.69 Å². The lowest BCUT2D eigenvalue weighted by Gasteiger charge is -2.37. The summed E-state index contributed by atoms with van der Waals surface area (Å²) in [5, 5.41) is 9.30. The number of piperidine rings is 1. The molecule has 1 aromatic rings. The maximum absolute atomic E-state index is 12.3. The molecular formula is C14H19N3O3. The number of likely N-dealkylation sites (tertiary alicyclic amines) is 1. The zero-order valence-electron chi connectivity index (χ0n) is 11.5. The van der Waals surface area contributed by atoms with Crippen molar-refractivity contribution >= 4 is 17.6 Å². The molecule has 6 nitrogen and oxygen atoms in total. The minimum Gasteiger partial charge on any atom is -0.480 e. The predicted octanol–water partition coefficient (Wildman–Crippen LogP) is 0.918. The zero-order valence-corrected chi connectivity index (χ0v) is 11.5. The fourth-order valence-electron chi connectivity index (χ4n) is 2.64. The first-order valence-electron chi connectivity index (χ1n) is 6.71. The number of carboxylic acid groups (broad SMARTS) is 1. The summed E-state index contributed by atoms with van der Waals surface area (Å²) in [5.74, 6) is -1.15. The molecule has 2 atom stereocenters. The lowest BCUT2D eigenvalue weighted by molar-refractivity contribution is -0.154. The molecule has 2 heterocycles. The monoisotopic (exact) mass is 277 g/mol. The van der Waals surface area contributed by atoms with Crippen molar-refractivity contribution in [2.45, 2.75) is 32.2 Å². The Morgan fingerprint density at radius 2 is 2.25 bits per heavy atom. The summed E-state index contributed by atoms with van der Waals surface area (Å²) in [6.07, 6.45) is 3.28. The molecule has 20 heavy (non-hydrogen) atoms. The van der Waals surface area contributed by atoms with Crippen molar-refractivity contribution < 1.29 is 14.7 Å². The molecule has 1 saturated heterocycles. The van der Waals surface area contributed by atoms with Crippen molar-refractivity contribution in [3.05, 3.63) is 24.0 Å². The van der Waals surface area contributed by atoms with Gasteiger partial charge in [-0.05, 0) is 30.9 Å². The smallest absolute Gasteiger partial charge is 0.326 e. The average Bonchev–Trinajstić information content (AvgIpc) is 2.40. The predicted molar refractivity (Wildman–Crippen MR) is 73.9 cm³/mol. The number of carbonyl (C=O) groups excluding carboxylic acids is 1. The molecular weight excluding hydrogens is 258 g/mol. The van der Waals surface area contributed by atoms with Crippen molar-refractivity contribution in [3.63, 3.8) is 0 Å². The van der Waals surface area contributed by atoms with Gasteiger partial charge in [-0.1, -0.05) is 6.92 Å². The summed E-state index contributed by atoms with van der Waals surface area (Å²) in [4.78, 5) is 29.2. The third-order valence-electron chi connectivity index (χ3n) is 3.69. The van der Waals surface area contributed by atoms with E-state index in [-0.39, 0.29) is 18.2 Å². The van der Waals surface area contributed by atoms with E-state index in [0.717, 1.165) is 12.8 Å². The van der Waals surface area contributed by atoms with E-state index in [4.69, 9.17) is 5.73 Å². The van der Waals surface area contributed by atoms with E-state index >= 15 is 0 Å². The summed E-state index contributed by atoms with van der Waals surface area (Å²) in [7, 11) is 0. The molecule has 108 valence electrons. The van der Waals surface area contributed by atoms with Gasteiger partial charge in [0.15, 0.2) is 0 Å². The number of aliphatic carboxylic acids is 1. The fraction of sp³-hybridized carbons (Fsp3) is 0.500. The lowest BCUT2D eigenvalue weighted by atomic mass is 9.90. The van der Waals surface area contributed by atoms with E-state index in [1.807, 2.05) is 6.92 Å². The average molecular weight is 277 g/mol.